The lowest BCUT2D eigenvalue weighted by atomic mass is 9.66. The zero-order valence-electron chi connectivity index (χ0n) is 25.0. The van der Waals surface area contributed by atoms with Gasteiger partial charge in [0.05, 0.1) is 23.2 Å². The van der Waals surface area contributed by atoms with Gasteiger partial charge in [0.25, 0.3) is 0 Å². The molecule has 0 aromatic heterocycles. The smallest absolute Gasteiger partial charge is 0.311 e. The van der Waals surface area contributed by atoms with Gasteiger partial charge in [-0.05, 0) is 71.1 Å². The number of likely N-dealkylation sites (tertiary alicyclic amines) is 1. The van der Waals surface area contributed by atoms with Crippen LogP contribution in [-0.2, 0) is 19.1 Å². The van der Waals surface area contributed by atoms with Crippen LogP contribution in [0, 0.1) is 17.3 Å². The van der Waals surface area contributed by atoms with Crippen molar-refractivity contribution in [2.45, 2.75) is 108 Å². The summed E-state index contributed by atoms with van der Waals surface area (Å²) in [6.45, 7) is 21.5. The molecular formula is C31H50N2O5S. The first-order valence-corrected chi connectivity index (χ1v) is 15.3. The molecule has 3 fully saturated rings. The number of aliphatic hydroxyl groups excluding tert-OH is 1. The SMILES string of the molecule is C=CCCCOC(=O)[C@H]1[C@H]2C(=O)N(CCCCO)C(C(=O)N(CC=C)C(C)(C)CC(C)(C)C)C23CC[C@]1(C)S3. The van der Waals surface area contributed by atoms with Crippen LogP contribution in [0.2, 0.25) is 0 Å². The van der Waals surface area contributed by atoms with Gasteiger partial charge >= 0.3 is 5.97 Å². The highest BCUT2D eigenvalue weighted by Crippen LogP contribution is 2.71. The number of allylic oxidation sites excluding steroid dienone is 1. The zero-order chi connectivity index (χ0) is 29.2. The molecule has 1 N–H and O–H groups in total. The Labute approximate surface area is 239 Å². The predicted molar refractivity (Wildman–Crippen MR) is 157 cm³/mol. The van der Waals surface area contributed by atoms with Crippen molar-refractivity contribution in [1.29, 1.82) is 0 Å². The Hall–Kier alpha value is -1.80. The minimum atomic E-state index is -0.676. The van der Waals surface area contributed by atoms with Crippen LogP contribution < -0.4 is 0 Å². The largest absolute Gasteiger partial charge is 0.465 e. The van der Waals surface area contributed by atoms with Gasteiger partial charge in [0.1, 0.15) is 6.04 Å². The highest BCUT2D eigenvalue weighted by atomic mass is 32.2. The van der Waals surface area contributed by atoms with Crippen LogP contribution >= 0.6 is 11.8 Å². The third-order valence-corrected chi connectivity index (χ3v) is 10.6. The second-order valence-corrected chi connectivity index (χ2v) is 15.5. The molecule has 2 bridgehead atoms. The molecule has 2 unspecified atom stereocenters. The molecule has 3 aliphatic heterocycles. The topological polar surface area (TPSA) is 87.1 Å². The van der Waals surface area contributed by atoms with E-state index in [4.69, 9.17) is 4.74 Å². The number of fused-ring (bicyclic) bond motifs is 1. The fourth-order valence-electron chi connectivity index (χ4n) is 7.49. The molecule has 7 nitrogen and oxygen atoms in total. The fourth-order valence-corrected chi connectivity index (χ4v) is 9.83. The summed E-state index contributed by atoms with van der Waals surface area (Å²) in [5.41, 5.74) is -0.475. The van der Waals surface area contributed by atoms with Crippen LogP contribution in [0.4, 0.5) is 0 Å². The minimum Gasteiger partial charge on any atom is -0.465 e. The maximum absolute atomic E-state index is 14.7. The monoisotopic (exact) mass is 562 g/mol. The second kappa shape index (κ2) is 12.0. The van der Waals surface area contributed by atoms with Gasteiger partial charge in [0.2, 0.25) is 11.8 Å². The molecule has 5 atom stereocenters. The van der Waals surface area contributed by atoms with E-state index in [-0.39, 0.29) is 29.8 Å². The molecule has 0 aromatic carbocycles. The molecule has 1 spiro atoms. The van der Waals surface area contributed by atoms with E-state index in [0.29, 0.717) is 45.4 Å². The molecule has 3 aliphatic rings. The Morgan fingerprint density at radius 1 is 1.15 bits per heavy atom. The average molecular weight is 563 g/mol. The van der Waals surface area contributed by atoms with Crippen molar-refractivity contribution >= 4 is 29.5 Å². The number of rotatable bonds is 14. The molecule has 0 radical (unpaired) electrons. The van der Waals surface area contributed by atoms with Crippen molar-refractivity contribution in [2.24, 2.45) is 17.3 Å². The predicted octanol–water partition coefficient (Wildman–Crippen LogP) is 4.98. The van der Waals surface area contributed by atoms with E-state index in [1.165, 1.54) is 0 Å². The molecule has 220 valence electrons. The number of ether oxygens (including phenoxy) is 1. The maximum atomic E-state index is 14.7. The summed E-state index contributed by atoms with van der Waals surface area (Å²) in [5.74, 6) is -1.69. The number of nitrogens with zero attached hydrogens (tertiary/aromatic N) is 2. The summed E-state index contributed by atoms with van der Waals surface area (Å²) in [6.07, 6.45) is 8.41. The third-order valence-electron chi connectivity index (χ3n) is 8.64. The Morgan fingerprint density at radius 2 is 1.85 bits per heavy atom. The number of unbranched alkanes of at least 4 members (excludes halogenated alkanes) is 2. The van der Waals surface area contributed by atoms with Gasteiger partial charge in [-0.25, -0.2) is 0 Å². The lowest BCUT2D eigenvalue weighted by Gasteiger charge is -2.46. The summed E-state index contributed by atoms with van der Waals surface area (Å²) in [4.78, 5) is 46.1. The summed E-state index contributed by atoms with van der Waals surface area (Å²) < 4.78 is 4.59. The Balaban J connectivity index is 2.03. The Bertz CT molecular complexity index is 959. The van der Waals surface area contributed by atoms with Gasteiger partial charge in [0, 0.05) is 30.0 Å². The number of aliphatic hydroxyl groups is 1. The molecule has 3 rings (SSSR count). The Kier molecular flexibility index (Phi) is 9.74. The molecule has 0 saturated carbocycles. The lowest BCUT2D eigenvalue weighted by molar-refractivity contribution is -0.155. The number of amides is 2. The number of carbonyl (C=O) groups excluding carboxylic acids is 3. The van der Waals surface area contributed by atoms with E-state index in [1.807, 2.05) is 4.90 Å². The third kappa shape index (κ3) is 6.12. The van der Waals surface area contributed by atoms with Crippen LogP contribution in [0.3, 0.4) is 0 Å². The first kappa shape index (κ1) is 31.7. The van der Waals surface area contributed by atoms with Crippen molar-refractivity contribution in [3.05, 3.63) is 25.3 Å². The van der Waals surface area contributed by atoms with E-state index in [2.05, 4.69) is 54.7 Å². The van der Waals surface area contributed by atoms with Gasteiger partial charge in [0.15, 0.2) is 0 Å². The number of esters is 1. The Morgan fingerprint density at radius 3 is 2.44 bits per heavy atom. The summed E-state index contributed by atoms with van der Waals surface area (Å²) >= 11 is 1.67. The van der Waals surface area contributed by atoms with E-state index in [1.54, 1.807) is 28.8 Å². The van der Waals surface area contributed by atoms with Gasteiger partial charge in [-0.15, -0.1) is 24.9 Å². The lowest BCUT2D eigenvalue weighted by Crippen LogP contribution is -2.60. The van der Waals surface area contributed by atoms with Crippen LogP contribution in [0.5, 0.6) is 0 Å². The maximum Gasteiger partial charge on any atom is 0.311 e. The van der Waals surface area contributed by atoms with Crippen molar-refractivity contribution in [2.75, 3.05) is 26.3 Å². The zero-order valence-corrected chi connectivity index (χ0v) is 25.8. The quantitative estimate of drug-likeness (QED) is 0.183. The normalized spacial score (nSPS) is 29.9. The summed E-state index contributed by atoms with van der Waals surface area (Å²) in [6, 6.07) is -0.668. The second-order valence-electron chi connectivity index (χ2n) is 13.6. The van der Waals surface area contributed by atoms with Gasteiger partial charge in [-0.3, -0.25) is 14.4 Å². The van der Waals surface area contributed by atoms with E-state index in [9.17, 15) is 19.5 Å². The standard InChI is InChI=1S/C31H50N2O5S/c1-9-11-14-20-38-27(37)23-22-25(35)32(18-12-13-19-34)24(31(22)16-15-30(23,8)39-31)26(36)33(17-10-2)29(6,7)21-28(3,4)5/h9-10,22-24,34H,1-2,11-21H2,3-8H3/t22-,23+,24?,30-,31?/m0/s1. The van der Waals surface area contributed by atoms with E-state index < -0.39 is 32.9 Å². The van der Waals surface area contributed by atoms with Crippen molar-refractivity contribution in [3.63, 3.8) is 0 Å². The van der Waals surface area contributed by atoms with Crippen LogP contribution in [0.25, 0.3) is 0 Å². The molecule has 3 heterocycles. The first-order chi connectivity index (χ1) is 18.2. The van der Waals surface area contributed by atoms with Crippen molar-refractivity contribution < 1.29 is 24.2 Å². The first-order valence-electron chi connectivity index (χ1n) is 14.5. The van der Waals surface area contributed by atoms with Gasteiger partial charge in [-0.2, -0.15) is 0 Å². The van der Waals surface area contributed by atoms with Crippen molar-refractivity contribution in [1.82, 2.24) is 9.80 Å². The van der Waals surface area contributed by atoms with Crippen LogP contribution in [-0.4, -0.2) is 80.1 Å². The highest BCUT2D eigenvalue weighted by molar-refractivity contribution is 8.02. The molecule has 2 amide bonds. The molecule has 3 saturated heterocycles. The average Bonchev–Trinajstić information content (AvgIpc) is 3.39. The number of carbonyl (C=O) groups is 3. The van der Waals surface area contributed by atoms with Crippen LogP contribution in [0.1, 0.15) is 86.5 Å². The highest BCUT2D eigenvalue weighted by Gasteiger charge is 2.77. The molecule has 0 aliphatic carbocycles. The van der Waals surface area contributed by atoms with Gasteiger partial charge in [-0.1, -0.05) is 32.9 Å². The van der Waals surface area contributed by atoms with Crippen molar-refractivity contribution in [3.8, 4) is 0 Å². The summed E-state index contributed by atoms with van der Waals surface area (Å²) in [7, 11) is 0. The molecule has 0 aromatic rings. The molecule has 39 heavy (non-hydrogen) atoms. The molecular weight excluding hydrogens is 512 g/mol. The minimum absolute atomic E-state index is 0.00911. The van der Waals surface area contributed by atoms with Gasteiger partial charge < -0.3 is 19.6 Å². The van der Waals surface area contributed by atoms with E-state index in [0.717, 1.165) is 19.3 Å². The molecule has 8 heteroatoms. The fraction of sp³-hybridized carbons (Fsp3) is 0.774. The van der Waals surface area contributed by atoms with E-state index >= 15 is 0 Å². The number of hydrogen-bond donors (Lipinski definition) is 1. The number of hydrogen-bond acceptors (Lipinski definition) is 6. The van der Waals surface area contributed by atoms with Crippen LogP contribution in [0.15, 0.2) is 25.3 Å². The number of thioether (sulfide) groups is 1. The summed E-state index contributed by atoms with van der Waals surface area (Å²) in [5, 5.41) is 9.43.